The minimum absolute atomic E-state index is 0.0715. The van der Waals surface area contributed by atoms with E-state index in [0.717, 1.165) is 23.2 Å². The highest BCUT2D eigenvalue weighted by Crippen LogP contribution is 2.26. The van der Waals surface area contributed by atoms with Gasteiger partial charge in [-0.15, -0.1) is 0 Å². The number of aromatic nitrogens is 2. The highest BCUT2D eigenvalue weighted by atomic mass is 16.5. The molecule has 3 rings (SSSR count). The number of nitrogens with one attached hydrogen (secondary N) is 1. The number of rotatable bonds is 9. The third-order valence-electron chi connectivity index (χ3n) is 5.91. The van der Waals surface area contributed by atoms with Crippen LogP contribution in [0.25, 0.3) is 10.9 Å². The van der Waals surface area contributed by atoms with Gasteiger partial charge in [0.15, 0.2) is 0 Å². The molecule has 1 atom stereocenters. The first-order valence-corrected chi connectivity index (χ1v) is 11.5. The number of urea groups is 1. The van der Waals surface area contributed by atoms with Crippen molar-refractivity contribution in [2.24, 2.45) is 0 Å². The van der Waals surface area contributed by atoms with Gasteiger partial charge in [0.25, 0.3) is 5.56 Å². The van der Waals surface area contributed by atoms with Crippen LogP contribution in [0.3, 0.4) is 0 Å². The van der Waals surface area contributed by atoms with Gasteiger partial charge in [0.2, 0.25) is 0 Å². The molecule has 0 saturated heterocycles. The summed E-state index contributed by atoms with van der Waals surface area (Å²) in [7, 11) is 1.61. The molecule has 176 valence electrons. The number of nitrogens with zero attached hydrogens (tertiary/aromatic N) is 3. The summed E-state index contributed by atoms with van der Waals surface area (Å²) in [5.74, 6) is 0.607. The van der Waals surface area contributed by atoms with Crippen LogP contribution >= 0.6 is 0 Å². The Morgan fingerprint density at radius 3 is 2.45 bits per heavy atom. The van der Waals surface area contributed by atoms with Crippen molar-refractivity contribution in [2.45, 2.75) is 53.1 Å². The Morgan fingerprint density at radius 1 is 1.12 bits per heavy atom. The molecular formula is C26H34N4O3. The number of ether oxygens (including phenoxy) is 1. The van der Waals surface area contributed by atoms with Gasteiger partial charge in [0.1, 0.15) is 5.82 Å². The largest absolute Gasteiger partial charge is 0.383 e. The van der Waals surface area contributed by atoms with Crippen LogP contribution in [0.15, 0.2) is 47.3 Å². The maximum Gasteiger partial charge on any atom is 0.322 e. The number of anilines is 1. The fourth-order valence-corrected chi connectivity index (χ4v) is 4.20. The summed E-state index contributed by atoms with van der Waals surface area (Å²) >= 11 is 0. The lowest BCUT2D eigenvalue weighted by Crippen LogP contribution is -2.43. The van der Waals surface area contributed by atoms with E-state index in [1.165, 1.54) is 0 Å². The zero-order valence-corrected chi connectivity index (χ0v) is 20.2. The lowest BCUT2D eigenvalue weighted by atomic mass is 10.1. The zero-order valence-electron chi connectivity index (χ0n) is 20.2. The van der Waals surface area contributed by atoms with Crippen LogP contribution in [0.1, 0.15) is 49.7 Å². The van der Waals surface area contributed by atoms with Crippen molar-refractivity contribution in [3.63, 3.8) is 0 Å². The normalized spacial score (nSPS) is 12.0. The highest BCUT2D eigenvalue weighted by Gasteiger charge is 2.29. The molecule has 0 radical (unpaired) electrons. The molecule has 0 spiro atoms. The Labute approximate surface area is 195 Å². The first kappa shape index (κ1) is 24.5. The van der Waals surface area contributed by atoms with Gasteiger partial charge in [-0.05, 0) is 49.9 Å². The maximum absolute atomic E-state index is 13.6. The molecule has 1 unspecified atom stereocenters. The summed E-state index contributed by atoms with van der Waals surface area (Å²) in [6.45, 7) is 9.28. The molecular weight excluding hydrogens is 416 g/mol. The summed E-state index contributed by atoms with van der Waals surface area (Å²) in [5.41, 5.74) is 3.37. The highest BCUT2D eigenvalue weighted by molar-refractivity contribution is 5.91. The van der Waals surface area contributed by atoms with Crippen molar-refractivity contribution < 1.29 is 9.53 Å². The summed E-state index contributed by atoms with van der Waals surface area (Å²) < 4.78 is 7.04. The number of para-hydroxylation sites is 2. The number of hydrogen-bond acceptors (Lipinski definition) is 4. The molecule has 0 bridgehead atoms. The predicted octanol–water partition coefficient (Wildman–Crippen LogP) is 5.05. The lowest BCUT2D eigenvalue weighted by Gasteiger charge is -2.32. The number of aryl methyl sites for hydroxylation is 2. The molecule has 3 aromatic rings. The average molecular weight is 451 g/mol. The summed E-state index contributed by atoms with van der Waals surface area (Å²) in [4.78, 5) is 33.5. The van der Waals surface area contributed by atoms with Crippen LogP contribution in [0, 0.1) is 13.8 Å². The Balaban J connectivity index is 2.09. The second-order valence-electron chi connectivity index (χ2n) is 8.25. The van der Waals surface area contributed by atoms with Crippen molar-refractivity contribution in [1.29, 1.82) is 0 Å². The first-order chi connectivity index (χ1) is 15.9. The number of fused-ring (bicyclic) bond motifs is 1. The topological polar surface area (TPSA) is 76.5 Å². The summed E-state index contributed by atoms with van der Waals surface area (Å²) in [6, 6.07) is 12.7. The van der Waals surface area contributed by atoms with Crippen molar-refractivity contribution in [2.75, 3.05) is 25.6 Å². The first-order valence-electron chi connectivity index (χ1n) is 11.5. The van der Waals surface area contributed by atoms with E-state index < -0.39 is 0 Å². The van der Waals surface area contributed by atoms with E-state index in [1.54, 1.807) is 22.6 Å². The molecule has 33 heavy (non-hydrogen) atoms. The van der Waals surface area contributed by atoms with Crippen molar-refractivity contribution in [3.05, 3.63) is 69.8 Å². The van der Waals surface area contributed by atoms with Gasteiger partial charge in [0, 0.05) is 25.9 Å². The number of carbonyl (C=O) groups is 1. The standard InChI is InChI=1S/C26H34N4O3/c1-6-15-30-24(27-21-14-9-8-13-20(21)25(30)31)22(7-2)29(16-17-33-5)26(32)28-23-18(3)11-10-12-19(23)4/h8-14,22H,6-7,15-17H2,1-5H3,(H,28,32). The molecule has 0 aliphatic heterocycles. The van der Waals surface area contributed by atoms with Crippen molar-refractivity contribution in [1.82, 2.24) is 14.5 Å². The fourth-order valence-electron chi connectivity index (χ4n) is 4.20. The minimum Gasteiger partial charge on any atom is -0.383 e. The molecule has 0 aliphatic carbocycles. The van der Waals surface area contributed by atoms with E-state index in [4.69, 9.17) is 9.72 Å². The van der Waals surface area contributed by atoms with Crippen LogP contribution in [-0.2, 0) is 11.3 Å². The molecule has 2 aromatic carbocycles. The van der Waals surface area contributed by atoms with E-state index in [2.05, 4.69) is 5.32 Å². The molecule has 7 heteroatoms. The Kier molecular flexibility index (Phi) is 8.22. The third-order valence-corrected chi connectivity index (χ3v) is 5.91. The molecule has 0 aliphatic rings. The van der Waals surface area contributed by atoms with Crippen LogP contribution < -0.4 is 10.9 Å². The molecule has 1 N–H and O–H groups in total. The molecule has 0 saturated carbocycles. The van der Waals surface area contributed by atoms with Crippen LogP contribution in [0.2, 0.25) is 0 Å². The lowest BCUT2D eigenvalue weighted by molar-refractivity contribution is 0.130. The second kappa shape index (κ2) is 11.1. The Bertz CT molecular complexity index is 1150. The number of amides is 2. The monoisotopic (exact) mass is 450 g/mol. The Morgan fingerprint density at radius 2 is 1.82 bits per heavy atom. The fraction of sp³-hybridized carbons (Fsp3) is 0.423. The van der Waals surface area contributed by atoms with E-state index >= 15 is 0 Å². The van der Waals surface area contributed by atoms with Crippen LogP contribution in [-0.4, -0.2) is 40.7 Å². The number of methoxy groups -OCH3 is 1. The quantitative estimate of drug-likeness (QED) is 0.495. The summed E-state index contributed by atoms with van der Waals surface area (Å²) in [6.07, 6.45) is 1.40. The zero-order chi connectivity index (χ0) is 24.0. The average Bonchev–Trinajstić information content (AvgIpc) is 2.81. The van der Waals surface area contributed by atoms with E-state index in [-0.39, 0.29) is 17.6 Å². The van der Waals surface area contributed by atoms with E-state index in [1.807, 2.05) is 64.1 Å². The minimum atomic E-state index is -0.381. The predicted molar refractivity (Wildman–Crippen MR) is 133 cm³/mol. The van der Waals surface area contributed by atoms with Crippen molar-refractivity contribution >= 4 is 22.6 Å². The third kappa shape index (κ3) is 5.25. The van der Waals surface area contributed by atoms with Gasteiger partial charge >= 0.3 is 6.03 Å². The van der Waals surface area contributed by atoms with Crippen molar-refractivity contribution in [3.8, 4) is 0 Å². The smallest absolute Gasteiger partial charge is 0.322 e. The number of carbonyl (C=O) groups excluding carboxylic acids is 1. The summed E-state index contributed by atoms with van der Waals surface area (Å²) in [5, 5.41) is 3.68. The van der Waals surface area contributed by atoms with Gasteiger partial charge in [-0.2, -0.15) is 0 Å². The SMILES string of the molecule is CCCn1c(C(CC)N(CCOC)C(=O)Nc2c(C)cccc2C)nc2ccccc2c1=O. The van der Waals surface area contributed by atoms with Gasteiger partial charge in [-0.25, -0.2) is 9.78 Å². The van der Waals surface area contributed by atoms with Crippen LogP contribution in [0.5, 0.6) is 0 Å². The molecule has 2 amide bonds. The Hall–Kier alpha value is -3.19. The number of benzene rings is 2. The molecule has 1 heterocycles. The van der Waals surface area contributed by atoms with Gasteiger partial charge in [0.05, 0.1) is 23.6 Å². The molecule has 0 fully saturated rings. The van der Waals surface area contributed by atoms with Gasteiger partial charge < -0.3 is 15.0 Å². The number of hydrogen-bond donors (Lipinski definition) is 1. The molecule has 7 nitrogen and oxygen atoms in total. The van der Waals surface area contributed by atoms with E-state index in [9.17, 15) is 9.59 Å². The van der Waals surface area contributed by atoms with E-state index in [0.29, 0.717) is 42.8 Å². The van der Waals surface area contributed by atoms with Gasteiger partial charge in [-0.1, -0.05) is 44.2 Å². The molecule has 1 aromatic heterocycles. The second-order valence-corrected chi connectivity index (χ2v) is 8.25. The van der Waals surface area contributed by atoms with Gasteiger partial charge in [-0.3, -0.25) is 9.36 Å². The van der Waals surface area contributed by atoms with Crippen LogP contribution in [0.4, 0.5) is 10.5 Å². The maximum atomic E-state index is 13.6.